The summed E-state index contributed by atoms with van der Waals surface area (Å²) in [4.78, 5) is 47.6. The Bertz CT molecular complexity index is 2070. The fourth-order valence-electron chi connectivity index (χ4n) is 5.16. The molecule has 0 unspecified atom stereocenters. The minimum Gasteiger partial charge on any atom is -0.478 e. The highest BCUT2D eigenvalue weighted by atomic mass is 17.2. The van der Waals surface area contributed by atoms with Crippen molar-refractivity contribution in [2.45, 2.75) is 6.61 Å². The Balaban J connectivity index is 1.07. The molecule has 48 heavy (non-hydrogen) atoms. The maximum atomic E-state index is 12.9. The van der Waals surface area contributed by atoms with E-state index in [9.17, 15) is 24.6 Å². The summed E-state index contributed by atoms with van der Waals surface area (Å²) in [5.41, 5.74) is 5.33. The molecule has 0 saturated heterocycles. The quantitative estimate of drug-likeness (QED) is 0.0627. The van der Waals surface area contributed by atoms with Gasteiger partial charge in [0.25, 0.3) is 0 Å². The number of carboxylic acid groups (broad SMARTS) is 2. The summed E-state index contributed by atoms with van der Waals surface area (Å²) in [6, 6.07) is 42.5. The van der Waals surface area contributed by atoms with Gasteiger partial charge in [-0.05, 0) is 81.4 Å². The number of hydrogen-bond donors (Lipinski definition) is 2. The minimum atomic E-state index is -1.23. The lowest BCUT2D eigenvalue weighted by Crippen LogP contribution is -2.14. The molecular formula is C40H28O8. The normalized spacial score (nSPS) is 10.7. The molecule has 0 aliphatic carbocycles. The van der Waals surface area contributed by atoms with Crippen molar-refractivity contribution >= 4 is 17.9 Å². The smallest absolute Gasteiger partial charge is 0.344 e. The molecule has 6 aromatic rings. The van der Waals surface area contributed by atoms with Gasteiger partial charge < -0.3 is 19.8 Å². The number of carboxylic acids is 2. The van der Waals surface area contributed by atoms with Crippen LogP contribution in [0.2, 0.25) is 0 Å². The van der Waals surface area contributed by atoms with Crippen LogP contribution in [0.1, 0.15) is 36.6 Å². The largest absolute Gasteiger partial charge is 0.478 e. The van der Waals surface area contributed by atoms with Gasteiger partial charge in [0.1, 0.15) is 12.4 Å². The van der Waals surface area contributed by atoms with Crippen molar-refractivity contribution in [3.8, 4) is 44.9 Å². The van der Waals surface area contributed by atoms with Crippen LogP contribution in [0.3, 0.4) is 0 Å². The van der Waals surface area contributed by atoms with E-state index in [-0.39, 0.29) is 29.0 Å². The van der Waals surface area contributed by atoms with E-state index in [0.717, 1.165) is 27.8 Å². The van der Waals surface area contributed by atoms with E-state index in [1.807, 2.05) is 78.9 Å². The Morgan fingerprint density at radius 1 is 0.458 bits per heavy atom. The summed E-state index contributed by atoms with van der Waals surface area (Å²) in [6.07, 6.45) is 0. The number of carbonyl (C=O) groups is 3. The van der Waals surface area contributed by atoms with Crippen LogP contribution in [0.15, 0.2) is 146 Å². The summed E-state index contributed by atoms with van der Waals surface area (Å²) in [7, 11) is 0. The standard InChI is InChI=1S/C40H28O8/c41-38(42)36-23-30(26-7-3-1-4-8-26)11-12-32(36)25-46-48-34-20-15-29(16-21-34)28-13-18-33(19-14-28)47-40(45)35-22-17-31(24-37(35)39(43)44)27-9-5-2-6-10-27/h1-24H,25H2,(H,41,42)(H,43,44). The zero-order chi connectivity index (χ0) is 33.5. The fraction of sp³-hybridized carbons (Fsp3) is 0.0250. The molecule has 0 heterocycles. The van der Waals surface area contributed by atoms with E-state index in [1.165, 1.54) is 12.1 Å². The molecule has 8 heteroatoms. The fourth-order valence-corrected chi connectivity index (χ4v) is 5.16. The predicted octanol–water partition coefficient (Wildman–Crippen LogP) is 8.81. The van der Waals surface area contributed by atoms with E-state index in [4.69, 9.17) is 14.5 Å². The third-order valence-electron chi connectivity index (χ3n) is 7.65. The average molecular weight is 637 g/mol. The predicted molar refractivity (Wildman–Crippen MR) is 180 cm³/mol. The summed E-state index contributed by atoms with van der Waals surface area (Å²) >= 11 is 0. The van der Waals surface area contributed by atoms with Crippen LogP contribution in [0, 0.1) is 0 Å². The van der Waals surface area contributed by atoms with Gasteiger partial charge in [0.2, 0.25) is 0 Å². The third-order valence-corrected chi connectivity index (χ3v) is 7.65. The second-order valence-electron chi connectivity index (χ2n) is 10.8. The van der Waals surface area contributed by atoms with Crippen molar-refractivity contribution in [3.63, 3.8) is 0 Å². The summed E-state index contributed by atoms with van der Waals surface area (Å²) in [6.45, 7) is -0.0657. The van der Waals surface area contributed by atoms with E-state index in [2.05, 4.69) is 0 Å². The Hall–Kier alpha value is -6.51. The van der Waals surface area contributed by atoms with E-state index < -0.39 is 17.9 Å². The molecule has 0 amide bonds. The van der Waals surface area contributed by atoms with Crippen molar-refractivity contribution in [1.29, 1.82) is 0 Å². The highest BCUT2D eigenvalue weighted by Gasteiger charge is 2.20. The first-order chi connectivity index (χ1) is 23.4. The first-order valence-electron chi connectivity index (χ1n) is 14.9. The van der Waals surface area contributed by atoms with Crippen molar-refractivity contribution in [1.82, 2.24) is 0 Å². The molecule has 6 aromatic carbocycles. The maximum absolute atomic E-state index is 12.9. The molecule has 0 aliphatic rings. The van der Waals surface area contributed by atoms with Crippen molar-refractivity contribution in [2.75, 3.05) is 0 Å². The van der Waals surface area contributed by atoms with Gasteiger partial charge in [0, 0.05) is 0 Å². The number of aromatic carboxylic acids is 2. The van der Waals surface area contributed by atoms with E-state index >= 15 is 0 Å². The molecule has 6 rings (SSSR count). The van der Waals surface area contributed by atoms with Crippen molar-refractivity contribution < 1.29 is 39.1 Å². The first kappa shape index (κ1) is 31.5. The molecule has 0 fully saturated rings. The molecule has 0 atom stereocenters. The number of ether oxygens (including phenoxy) is 1. The van der Waals surface area contributed by atoms with Crippen LogP contribution in [0.5, 0.6) is 11.5 Å². The first-order valence-corrected chi connectivity index (χ1v) is 14.9. The number of hydrogen-bond acceptors (Lipinski definition) is 6. The average Bonchev–Trinajstić information content (AvgIpc) is 3.12. The van der Waals surface area contributed by atoms with Gasteiger partial charge in [-0.15, -0.1) is 0 Å². The van der Waals surface area contributed by atoms with Gasteiger partial charge >= 0.3 is 17.9 Å². The number of esters is 1. The van der Waals surface area contributed by atoms with Crippen LogP contribution in [-0.4, -0.2) is 28.1 Å². The Morgan fingerprint density at radius 2 is 0.917 bits per heavy atom. The second-order valence-corrected chi connectivity index (χ2v) is 10.8. The number of benzene rings is 6. The van der Waals surface area contributed by atoms with Gasteiger partial charge in [-0.25, -0.2) is 14.4 Å². The molecule has 0 saturated carbocycles. The molecule has 8 nitrogen and oxygen atoms in total. The lowest BCUT2D eigenvalue weighted by molar-refractivity contribution is -0.217. The Kier molecular flexibility index (Phi) is 9.36. The van der Waals surface area contributed by atoms with Crippen LogP contribution in [-0.2, 0) is 11.5 Å². The van der Waals surface area contributed by atoms with Crippen molar-refractivity contribution in [3.05, 3.63) is 168 Å². The third kappa shape index (κ3) is 7.31. The van der Waals surface area contributed by atoms with Gasteiger partial charge in [-0.1, -0.05) is 103 Å². The molecule has 0 bridgehead atoms. The van der Waals surface area contributed by atoms with Crippen LogP contribution in [0.25, 0.3) is 33.4 Å². The number of carbonyl (C=O) groups excluding carboxylic acids is 1. The van der Waals surface area contributed by atoms with Crippen LogP contribution >= 0.6 is 0 Å². The molecule has 0 aliphatic heterocycles. The van der Waals surface area contributed by atoms with Gasteiger partial charge in [0.15, 0.2) is 5.75 Å². The summed E-state index contributed by atoms with van der Waals surface area (Å²) in [5, 5.41) is 19.5. The number of rotatable bonds is 11. The minimum absolute atomic E-state index is 0.0487. The zero-order valence-corrected chi connectivity index (χ0v) is 25.4. The van der Waals surface area contributed by atoms with Gasteiger partial charge in [-0.2, -0.15) is 4.89 Å². The molecule has 0 aromatic heterocycles. The highest BCUT2D eigenvalue weighted by Crippen LogP contribution is 2.28. The Morgan fingerprint density at radius 3 is 1.46 bits per heavy atom. The zero-order valence-electron chi connectivity index (χ0n) is 25.4. The van der Waals surface area contributed by atoms with Crippen molar-refractivity contribution in [2.24, 2.45) is 0 Å². The van der Waals surface area contributed by atoms with E-state index in [1.54, 1.807) is 54.6 Å². The molecular weight excluding hydrogens is 608 g/mol. The lowest BCUT2D eigenvalue weighted by Gasteiger charge is -2.11. The lowest BCUT2D eigenvalue weighted by atomic mass is 9.99. The molecule has 0 spiro atoms. The van der Waals surface area contributed by atoms with Crippen LogP contribution in [0.4, 0.5) is 0 Å². The SMILES string of the molecule is O=C(O)c1cc(-c2ccccc2)ccc1COOc1ccc(-c2ccc(OC(=O)c3ccc(-c4ccccc4)cc3C(=O)O)cc2)cc1. The topological polar surface area (TPSA) is 119 Å². The second kappa shape index (κ2) is 14.3. The molecule has 236 valence electrons. The highest BCUT2D eigenvalue weighted by molar-refractivity contribution is 6.04. The molecule has 2 N–H and O–H groups in total. The molecule has 0 radical (unpaired) electrons. The summed E-state index contributed by atoms with van der Waals surface area (Å²) in [5.74, 6) is -2.37. The summed E-state index contributed by atoms with van der Waals surface area (Å²) < 4.78 is 5.50. The van der Waals surface area contributed by atoms with Gasteiger partial charge in [-0.3, -0.25) is 0 Å². The van der Waals surface area contributed by atoms with Gasteiger partial charge in [0.05, 0.1) is 16.7 Å². The van der Waals surface area contributed by atoms with E-state index in [0.29, 0.717) is 16.9 Å². The Labute approximate surface area is 276 Å². The van der Waals surface area contributed by atoms with Crippen LogP contribution < -0.4 is 9.62 Å². The monoisotopic (exact) mass is 636 g/mol. The maximum Gasteiger partial charge on any atom is 0.344 e.